The molecule has 0 aliphatic rings. The van der Waals surface area contributed by atoms with Crippen LogP contribution in [0.2, 0.25) is 0 Å². The number of phenols is 2. The summed E-state index contributed by atoms with van der Waals surface area (Å²) in [6.45, 7) is 1.86. The Morgan fingerprint density at radius 2 is 2.00 bits per heavy atom. The van der Waals surface area contributed by atoms with Gasteiger partial charge in [-0.2, -0.15) is 0 Å². The van der Waals surface area contributed by atoms with E-state index in [1.54, 1.807) is 18.2 Å². The van der Waals surface area contributed by atoms with Crippen molar-refractivity contribution in [2.24, 2.45) is 0 Å². The first-order valence-electron chi connectivity index (χ1n) is 6.44. The van der Waals surface area contributed by atoms with Gasteiger partial charge in [-0.3, -0.25) is 4.98 Å². The van der Waals surface area contributed by atoms with E-state index in [1.165, 1.54) is 18.2 Å². The fourth-order valence-corrected chi connectivity index (χ4v) is 2.26. The van der Waals surface area contributed by atoms with Crippen molar-refractivity contribution in [3.8, 4) is 11.5 Å². The van der Waals surface area contributed by atoms with Gasteiger partial charge in [0, 0.05) is 11.3 Å². The molecule has 1 aromatic heterocycles. The second kappa shape index (κ2) is 4.90. The van der Waals surface area contributed by atoms with Crippen molar-refractivity contribution in [2.75, 3.05) is 5.32 Å². The molecule has 3 aromatic rings. The molecule has 0 saturated heterocycles. The van der Waals surface area contributed by atoms with E-state index in [2.05, 4.69) is 10.3 Å². The number of aromatic nitrogens is 1. The van der Waals surface area contributed by atoms with E-state index in [0.29, 0.717) is 16.7 Å². The highest BCUT2D eigenvalue weighted by molar-refractivity contribution is 5.77. The van der Waals surface area contributed by atoms with Crippen LogP contribution in [0.1, 0.15) is 18.5 Å². The molecular formula is C15H14N2O4. The normalized spacial score (nSPS) is 12.4. The Morgan fingerprint density at radius 1 is 1.19 bits per heavy atom. The molecule has 2 aromatic carbocycles. The highest BCUT2D eigenvalue weighted by Gasteiger charge is 2.12. The number of fused-ring (bicyclic) bond motifs is 1. The van der Waals surface area contributed by atoms with Crippen LogP contribution in [0.15, 0.2) is 45.6 Å². The van der Waals surface area contributed by atoms with Gasteiger partial charge in [0.1, 0.15) is 11.5 Å². The van der Waals surface area contributed by atoms with Crippen molar-refractivity contribution < 1.29 is 14.6 Å². The Morgan fingerprint density at radius 3 is 2.81 bits per heavy atom. The number of rotatable bonds is 3. The highest BCUT2D eigenvalue weighted by atomic mass is 16.4. The predicted molar refractivity (Wildman–Crippen MR) is 78.6 cm³/mol. The molecule has 0 spiro atoms. The molecule has 0 radical (unpaired) electrons. The molecule has 108 valence electrons. The SMILES string of the molecule is CC(Nc1ccc2oc(=O)[nH]c2c1)c1cc(O)ccc1O. The minimum Gasteiger partial charge on any atom is -0.508 e. The van der Waals surface area contributed by atoms with Gasteiger partial charge in [0.2, 0.25) is 0 Å². The molecule has 1 atom stereocenters. The predicted octanol–water partition coefficient (Wildman–Crippen LogP) is 2.71. The second-order valence-electron chi connectivity index (χ2n) is 4.83. The smallest absolute Gasteiger partial charge is 0.417 e. The molecule has 0 saturated carbocycles. The van der Waals surface area contributed by atoms with Gasteiger partial charge in [-0.15, -0.1) is 0 Å². The van der Waals surface area contributed by atoms with E-state index < -0.39 is 5.76 Å². The minimum absolute atomic E-state index is 0.0890. The number of anilines is 1. The summed E-state index contributed by atoms with van der Waals surface area (Å²) in [4.78, 5) is 13.7. The Hall–Kier alpha value is -2.89. The number of nitrogens with one attached hydrogen (secondary N) is 2. The van der Waals surface area contributed by atoms with Crippen LogP contribution in [0.5, 0.6) is 11.5 Å². The standard InChI is InChI=1S/C15H14N2O4/c1-8(11-7-10(18)3-4-13(11)19)16-9-2-5-14-12(6-9)17-15(20)21-14/h2-8,16,18-19H,1H3,(H,17,20). The Labute approximate surface area is 119 Å². The van der Waals surface area contributed by atoms with Crippen molar-refractivity contribution >= 4 is 16.8 Å². The van der Waals surface area contributed by atoms with Gasteiger partial charge in [-0.1, -0.05) is 0 Å². The first-order valence-corrected chi connectivity index (χ1v) is 6.44. The molecule has 0 aliphatic heterocycles. The quantitative estimate of drug-likeness (QED) is 0.555. The fourth-order valence-electron chi connectivity index (χ4n) is 2.26. The largest absolute Gasteiger partial charge is 0.508 e. The highest BCUT2D eigenvalue weighted by Crippen LogP contribution is 2.30. The number of benzene rings is 2. The molecule has 3 rings (SSSR count). The van der Waals surface area contributed by atoms with Gasteiger partial charge in [0.15, 0.2) is 5.58 Å². The van der Waals surface area contributed by atoms with E-state index in [0.717, 1.165) is 5.69 Å². The van der Waals surface area contributed by atoms with Crippen LogP contribution in [0.25, 0.3) is 11.1 Å². The van der Waals surface area contributed by atoms with Gasteiger partial charge in [0.25, 0.3) is 0 Å². The Bertz CT molecular complexity index is 850. The zero-order valence-corrected chi connectivity index (χ0v) is 11.3. The molecule has 21 heavy (non-hydrogen) atoms. The summed E-state index contributed by atoms with van der Waals surface area (Å²) in [5.74, 6) is -0.308. The Balaban J connectivity index is 1.90. The zero-order chi connectivity index (χ0) is 15.0. The lowest BCUT2D eigenvalue weighted by Crippen LogP contribution is -2.06. The lowest BCUT2D eigenvalue weighted by atomic mass is 10.1. The second-order valence-corrected chi connectivity index (χ2v) is 4.83. The summed E-state index contributed by atoms with van der Waals surface area (Å²) in [6.07, 6.45) is 0. The summed E-state index contributed by atoms with van der Waals surface area (Å²) in [6, 6.07) is 9.35. The van der Waals surface area contributed by atoms with E-state index in [4.69, 9.17) is 4.42 Å². The summed E-state index contributed by atoms with van der Waals surface area (Å²) in [5, 5.41) is 22.5. The summed E-state index contributed by atoms with van der Waals surface area (Å²) >= 11 is 0. The molecule has 4 N–H and O–H groups in total. The number of hydrogen-bond donors (Lipinski definition) is 4. The molecule has 1 heterocycles. The number of aromatic hydroxyl groups is 2. The average molecular weight is 286 g/mol. The van der Waals surface area contributed by atoms with Crippen molar-refractivity contribution in [3.05, 3.63) is 52.5 Å². The number of aromatic amines is 1. The zero-order valence-electron chi connectivity index (χ0n) is 11.3. The average Bonchev–Trinajstić information content (AvgIpc) is 2.80. The minimum atomic E-state index is -0.499. The number of phenolic OH excluding ortho intramolecular Hbond substituents is 2. The molecular weight excluding hydrogens is 272 g/mol. The third kappa shape index (κ3) is 2.55. The van der Waals surface area contributed by atoms with Crippen LogP contribution in [-0.4, -0.2) is 15.2 Å². The van der Waals surface area contributed by atoms with Crippen molar-refractivity contribution in [1.82, 2.24) is 4.98 Å². The van der Waals surface area contributed by atoms with E-state index in [9.17, 15) is 15.0 Å². The summed E-state index contributed by atoms with van der Waals surface area (Å²) < 4.78 is 4.94. The monoisotopic (exact) mass is 286 g/mol. The van der Waals surface area contributed by atoms with Gasteiger partial charge in [-0.25, -0.2) is 4.79 Å². The van der Waals surface area contributed by atoms with Gasteiger partial charge in [0.05, 0.1) is 11.6 Å². The maximum absolute atomic E-state index is 11.1. The molecule has 0 bridgehead atoms. The molecule has 0 fully saturated rings. The van der Waals surface area contributed by atoms with Crippen LogP contribution in [-0.2, 0) is 0 Å². The van der Waals surface area contributed by atoms with Crippen LogP contribution in [0, 0.1) is 0 Å². The van der Waals surface area contributed by atoms with E-state index in [-0.39, 0.29) is 17.5 Å². The van der Waals surface area contributed by atoms with Crippen LogP contribution in [0.3, 0.4) is 0 Å². The van der Waals surface area contributed by atoms with E-state index >= 15 is 0 Å². The van der Waals surface area contributed by atoms with Crippen LogP contribution >= 0.6 is 0 Å². The number of H-pyrrole nitrogens is 1. The number of oxazole rings is 1. The van der Waals surface area contributed by atoms with Crippen LogP contribution < -0.4 is 11.1 Å². The lowest BCUT2D eigenvalue weighted by molar-refractivity contribution is 0.451. The van der Waals surface area contributed by atoms with Crippen molar-refractivity contribution in [2.45, 2.75) is 13.0 Å². The molecule has 6 nitrogen and oxygen atoms in total. The molecule has 6 heteroatoms. The third-order valence-corrected chi connectivity index (χ3v) is 3.28. The first-order chi connectivity index (χ1) is 10.0. The number of hydrogen-bond acceptors (Lipinski definition) is 5. The van der Waals surface area contributed by atoms with Gasteiger partial charge < -0.3 is 19.9 Å². The summed E-state index contributed by atoms with van der Waals surface area (Å²) in [7, 11) is 0. The summed E-state index contributed by atoms with van der Waals surface area (Å²) in [5.41, 5.74) is 2.42. The molecule has 0 amide bonds. The van der Waals surface area contributed by atoms with Gasteiger partial charge >= 0.3 is 5.76 Å². The van der Waals surface area contributed by atoms with Crippen molar-refractivity contribution in [3.63, 3.8) is 0 Å². The topological polar surface area (TPSA) is 98.5 Å². The molecule has 0 aliphatic carbocycles. The van der Waals surface area contributed by atoms with Gasteiger partial charge in [-0.05, 0) is 43.3 Å². The lowest BCUT2D eigenvalue weighted by Gasteiger charge is -2.17. The first kappa shape index (κ1) is 13.1. The van der Waals surface area contributed by atoms with Crippen LogP contribution in [0.4, 0.5) is 5.69 Å². The maximum Gasteiger partial charge on any atom is 0.417 e. The Kier molecular flexibility index (Phi) is 3.06. The third-order valence-electron chi connectivity index (χ3n) is 3.28. The fraction of sp³-hybridized carbons (Fsp3) is 0.133. The molecule has 1 unspecified atom stereocenters. The van der Waals surface area contributed by atoms with E-state index in [1.807, 2.05) is 6.92 Å². The maximum atomic E-state index is 11.1. The van der Waals surface area contributed by atoms with Crippen molar-refractivity contribution in [1.29, 1.82) is 0 Å².